The number of carboxylic acid groups (broad SMARTS) is 1. The Labute approximate surface area is 198 Å². The second kappa shape index (κ2) is 9.85. The van der Waals surface area contributed by atoms with E-state index >= 15 is 0 Å². The number of nitrogens with one attached hydrogen (secondary N) is 1. The zero-order valence-electron chi connectivity index (χ0n) is 19.5. The number of carbonyl (C=O) groups is 3. The summed E-state index contributed by atoms with van der Waals surface area (Å²) in [4.78, 5) is 39.1. The van der Waals surface area contributed by atoms with Gasteiger partial charge in [-0.1, -0.05) is 61.9 Å². The highest BCUT2D eigenvalue weighted by molar-refractivity contribution is 5.91. The first-order valence-corrected chi connectivity index (χ1v) is 11.6. The van der Waals surface area contributed by atoms with Crippen LogP contribution in [-0.2, 0) is 19.1 Å². The van der Waals surface area contributed by atoms with Crippen LogP contribution in [0, 0.1) is 0 Å². The summed E-state index contributed by atoms with van der Waals surface area (Å²) in [6.45, 7) is 2.22. The van der Waals surface area contributed by atoms with Crippen LogP contribution in [0.5, 0.6) is 0 Å². The fourth-order valence-corrected chi connectivity index (χ4v) is 4.90. The van der Waals surface area contributed by atoms with Crippen molar-refractivity contribution in [1.29, 1.82) is 0 Å². The molecule has 1 unspecified atom stereocenters. The topological polar surface area (TPSA) is 105 Å². The largest absolute Gasteiger partial charge is 0.479 e. The predicted molar refractivity (Wildman–Crippen MR) is 125 cm³/mol. The van der Waals surface area contributed by atoms with Gasteiger partial charge in [0.2, 0.25) is 5.91 Å². The standard InChI is InChI=1S/C26H30N2O6/c1-3-8-22(23(29)28(2)26(24(30)31)13-14-33-16-26)27-25(32)34-15-21-19-11-6-4-9-17(19)18-10-5-7-12-20(18)21/h4-7,9-12,21-22H,3,8,13-16H2,1-2H3,(H,27,32)(H,30,31)/t22-,26?/m0/s1. The number of hydrogen-bond acceptors (Lipinski definition) is 5. The smallest absolute Gasteiger partial charge is 0.407 e. The predicted octanol–water partition coefficient (Wildman–Crippen LogP) is 3.40. The molecule has 1 aliphatic heterocycles. The van der Waals surface area contributed by atoms with Gasteiger partial charge in [0, 0.05) is 26.0 Å². The van der Waals surface area contributed by atoms with Gasteiger partial charge in [-0.15, -0.1) is 0 Å². The molecule has 1 fully saturated rings. The molecule has 2 atom stereocenters. The number of aliphatic carboxylic acids is 1. The van der Waals surface area contributed by atoms with E-state index in [1.54, 1.807) is 0 Å². The highest BCUT2D eigenvalue weighted by Gasteiger charge is 2.49. The van der Waals surface area contributed by atoms with E-state index in [9.17, 15) is 19.5 Å². The van der Waals surface area contributed by atoms with Gasteiger partial charge in [-0.25, -0.2) is 9.59 Å². The summed E-state index contributed by atoms with van der Waals surface area (Å²) in [6, 6.07) is 15.2. The lowest BCUT2D eigenvalue weighted by Gasteiger charge is -2.35. The summed E-state index contributed by atoms with van der Waals surface area (Å²) in [6.07, 6.45) is 0.497. The van der Waals surface area contributed by atoms with Gasteiger partial charge in [-0.05, 0) is 28.7 Å². The molecule has 2 amide bonds. The molecule has 0 saturated carbocycles. The van der Waals surface area contributed by atoms with Gasteiger partial charge in [0.25, 0.3) is 0 Å². The van der Waals surface area contributed by atoms with Crippen LogP contribution in [0.4, 0.5) is 4.79 Å². The number of amides is 2. The second-order valence-corrected chi connectivity index (χ2v) is 8.85. The first-order chi connectivity index (χ1) is 16.4. The molecule has 1 saturated heterocycles. The summed E-state index contributed by atoms with van der Waals surface area (Å²) in [7, 11) is 1.45. The Hall–Kier alpha value is -3.39. The number of rotatable bonds is 8. The van der Waals surface area contributed by atoms with E-state index in [1.807, 2.05) is 43.3 Å². The molecule has 2 aliphatic rings. The fourth-order valence-electron chi connectivity index (χ4n) is 4.90. The zero-order chi connectivity index (χ0) is 24.3. The average Bonchev–Trinajstić information content (AvgIpc) is 3.46. The van der Waals surface area contributed by atoms with Crippen LogP contribution in [0.3, 0.4) is 0 Å². The monoisotopic (exact) mass is 466 g/mol. The van der Waals surface area contributed by atoms with Gasteiger partial charge in [-0.3, -0.25) is 4.79 Å². The summed E-state index contributed by atoms with van der Waals surface area (Å²) in [5.41, 5.74) is 3.03. The van der Waals surface area contributed by atoms with E-state index in [2.05, 4.69) is 17.4 Å². The molecule has 4 rings (SSSR count). The molecule has 1 heterocycles. The van der Waals surface area contributed by atoms with E-state index in [4.69, 9.17) is 9.47 Å². The van der Waals surface area contributed by atoms with Crippen molar-refractivity contribution in [3.05, 3.63) is 59.7 Å². The maximum Gasteiger partial charge on any atom is 0.407 e. The lowest BCUT2D eigenvalue weighted by atomic mass is 9.95. The molecule has 2 N–H and O–H groups in total. The molecule has 8 heteroatoms. The Bertz CT molecular complexity index is 1030. The van der Waals surface area contributed by atoms with Gasteiger partial charge in [-0.2, -0.15) is 0 Å². The van der Waals surface area contributed by atoms with E-state index in [0.29, 0.717) is 12.8 Å². The van der Waals surface area contributed by atoms with Crippen LogP contribution >= 0.6 is 0 Å². The first-order valence-electron chi connectivity index (χ1n) is 11.6. The molecule has 180 valence electrons. The normalized spacial score (nSPS) is 19.7. The number of carboxylic acids is 1. The SMILES string of the molecule is CCC[C@H](NC(=O)OCC1c2ccccc2-c2ccccc21)C(=O)N(C)C1(C(=O)O)CCOC1. The van der Waals surface area contributed by atoms with Crippen LogP contribution < -0.4 is 5.32 Å². The molecule has 2 aromatic carbocycles. The highest BCUT2D eigenvalue weighted by atomic mass is 16.5. The van der Waals surface area contributed by atoms with Gasteiger partial charge in [0.15, 0.2) is 5.54 Å². The molecule has 2 aromatic rings. The summed E-state index contributed by atoms with van der Waals surface area (Å²) in [5, 5.41) is 12.4. The minimum absolute atomic E-state index is 0.0750. The summed E-state index contributed by atoms with van der Waals surface area (Å²) >= 11 is 0. The van der Waals surface area contributed by atoms with Crippen molar-refractivity contribution in [2.24, 2.45) is 0 Å². The molecular formula is C26H30N2O6. The molecule has 0 aromatic heterocycles. The number of hydrogen-bond donors (Lipinski definition) is 2. The Balaban J connectivity index is 1.44. The number of likely N-dealkylation sites (N-methyl/N-ethyl adjacent to an activating group) is 1. The third-order valence-corrected chi connectivity index (χ3v) is 6.88. The summed E-state index contributed by atoms with van der Waals surface area (Å²) < 4.78 is 10.9. The highest BCUT2D eigenvalue weighted by Crippen LogP contribution is 2.44. The van der Waals surface area contributed by atoms with Crippen LogP contribution in [0.1, 0.15) is 43.2 Å². The molecule has 34 heavy (non-hydrogen) atoms. The zero-order valence-corrected chi connectivity index (χ0v) is 19.5. The first kappa shape index (κ1) is 23.8. The van der Waals surface area contributed by atoms with Crippen LogP contribution in [0.2, 0.25) is 0 Å². The molecular weight excluding hydrogens is 436 g/mol. The number of carbonyl (C=O) groups excluding carboxylic acids is 2. The van der Waals surface area contributed by atoms with E-state index in [1.165, 1.54) is 11.9 Å². The minimum atomic E-state index is -1.42. The maximum atomic E-state index is 13.2. The second-order valence-electron chi connectivity index (χ2n) is 8.85. The van der Waals surface area contributed by atoms with Crippen molar-refractivity contribution in [3.8, 4) is 11.1 Å². The van der Waals surface area contributed by atoms with Gasteiger partial charge < -0.3 is 24.8 Å². The third-order valence-electron chi connectivity index (χ3n) is 6.88. The van der Waals surface area contributed by atoms with Crippen molar-refractivity contribution in [2.75, 3.05) is 26.9 Å². The quantitative estimate of drug-likeness (QED) is 0.618. The Kier molecular flexibility index (Phi) is 6.88. The number of benzene rings is 2. The third kappa shape index (κ3) is 4.25. The van der Waals surface area contributed by atoms with E-state index in [-0.39, 0.29) is 32.2 Å². The number of fused-ring (bicyclic) bond motifs is 3. The van der Waals surface area contributed by atoms with Crippen LogP contribution in [0.25, 0.3) is 11.1 Å². The maximum absolute atomic E-state index is 13.2. The summed E-state index contributed by atoms with van der Waals surface area (Å²) in [5.74, 6) is -1.67. The van der Waals surface area contributed by atoms with E-state index < -0.39 is 29.6 Å². The van der Waals surface area contributed by atoms with Crippen LogP contribution in [-0.4, -0.2) is 66.4 Å². The van der Waals surface area contributed by atoms with Crippen molar-refractivity contribution in [1.82, 2.24) is 10.2 Å². The fraction of sp³-hybridized carbons (Fsp3) is 0.423. The van der Waals surface area contributed by atoms with E-state index in [0.717, 1.165) is 22.3 Å². The molecule has 1 aliphatic carbocycles. The Morgan fingerprint density at radius 2 is 1.76 bits per heavy atom. The number of ether oxygens (including phenoxy) is 2. The van der Waals surface area contributed by atoms with Crippen molar-refractivity contribution < 1.29 is 29.0 Å². The Morgan fingerprint density at radius 3 is 2.29 bits per heavy atom. The number of alkyl carbamates (subject to hydrolysis) is 1. The van der Waals surface area contributed by atoms with Crippen molar-refractivity contribution >= 4 is 18.0 Å². The van der Waals surface area contributed by atoms with Gasteiger partial charge in [0.1, 0.15) is 12.6 Å². The van der Waals surface area contributed by atoms with Crippen molar-refractivity contribution in [3.63, 3.8) is 0 Å². The molecule has 8 nitrogen and oxygen atoms in total. The Morgan fingerprint density at radius 1 is 1.15 bits per heavy atom. The molecule has 0 radical (unpaired) electrons. The van der Waals surface area contributed by atoms with Crippen LogP contribution in [0.15, 0.2) is 48.5 Å². The van der Waals surface area contributed by atoms with Crippen molar-refractivity contribution in [2.45, 2.75) is 43.7 Å². The molecule has 0 bridgehead atoms. The lowest BCUT2D eigenvalue weighted by Crippen LogP contribution is -2.60. The minimum Gasteiger partial charge on any atom is -0.479 e. The number of nitrogens with zero attached hydrogens (tertiary/aromatic N) is 1. The average molecular weight is 467 g/mol. The van der Waals surface area contributed by atoms with Gasteiger partial charge in [0.05, 0.1) is 6.61 Å². The van der Waals surface area contributed by atoms with Gasteiger partial charge >= 0.3 is 12.1 Å². The lowest BCUT2D eigenvalue weighted by molar-refractivity contribution is -0.158. The molecule has 0 spiro atoms.